The molecule has 0 aliphatic carbocycles. The summed E-state index contributed by atoms with van der Waals surface area (Å²) >= 11 is 0. The fourth-order valence-electron chi connectivity index (χ4n) is 3.56. The van der Waals surface area contributed by atoms with Crippen LogP contribution in [-0.2, 0) is 42.5 Å². The number of amides is 1. The lowest BCUT2D eigenvalue weighted by molar-refractivity contribution is -0.186. The Hall–Kier alpha value is -2.84. The number of esters is 1. The molecule has 34 heavy (non-hydrogen) atoms. The first-order valence-corrected chi connectivity index (χ1v) is 12.4. The summed E-state index contributed by atoms with van der Waals surface area (Å²) in [7, 11) is -3.90. The van der Waals surface area contributed by atoms with E-state index in [9.17, 15) is 27.3 Å². The first-order chi connectivity index (χ1) is 16.0. The molecule has 7 nitrogen and oxygen atoms in total. The molecule has 0 spiro atoms. The molecule has 2 aromatic carbocycles. The second-order valence-corrected chi connectivity index (χ2v) is 9.68. The lowest BCUT2D eigenvalue weighted by Crippen LogP contribution is -2.43. The van der Waals surface area contributed by atoms with E-state index in [0.29, 0.717) is 16.9 Å². The van der Waals surface area contributed by atoms with E-state index < -0.39 is 31.8 Å². The van der Waals surface area contributed by atoms with Crippen LogP contribution in [0.2, 0.25) is 0 Å². The molecular formula is C23H25F3NO6P. The van der Waals surface area contributed by atoms with Gasteiger partial charge in [-0.3, -0.25) is 9.32 Å². The van der Waals surface area contributed by atoms with Crippen LogP contribution in [0.15, 0.2) is 48.5 Å². The summed E-state index contributed by atoms with van der Waals surface area (Å²) in [5.41, 5.74) is 1.88. The molecule has 0 fully saturated rings. The Morgan fingerprint density at radius 3 is 2.47 bits per heavy atom. The Balaban J connectivity index is 1.80. The number of carbonyl (C=O) groups is 2. The second-order valence-electron chi connectivity index (χ2n) is 7.75. The van der Waals surface area contributed by atoms with Gasteiger partial charge in [-0.25, -0.2) is 9.36 Å². The molecule has 184 valence electrons. The molecule has 0 saturated carbocycles. The minimum absolute atomic E-state index is 0.0800. The number of hydrogen-bond donors (Lipinski definition) is 0. The molecule has 1 aliphatic rings. The number of fused-ring (bicyclic) bond motifs is 1. The van der Waals surface area contributed by atoms with Gasteiger partial charge < -0.3 is 14.2 Å². The normalized spacial score (nSPS) is 16.2. The molecule has 0 bridgehead atoms. The maximum absolute atomic E-state index is 13.7. The predicted molar refractivity (Wildman–Crippen MR) is 117 cm³/mol. The van der Waals surface area contributed by atoms with Gasteiger partial charge in [0.1, 0.15) is 5.75 Å². The average Bonchev–Trinajstić information content (AvgIpc) is 2.78. The summed E-state index contributed by atoms with van der Waals surface area (Å²) in [4.78, 5) is 24.4. The van der Waals surface area contributed by atoms with Gasteiger partial charge in [-0.15, -0.1) is 0 Å². The molecule has 1 aliphatic heterocycles. The van der Waals surface area contributed by atoms with Crippen molar-refractivity contribution in [3.8, 4) is 5.75 Å². The average molecular weight is 499 g/mol. The van der Waals surface area contributed by atoms with Crippen LogP contribution in [0.4, 0.5) is 13.2 Å². The Labute approximate surface area is 195 Å². The highest BCUT2D eigenvalue weighted by atomic mass is 31.2. The molecule has 0 saturated heterocycles. The van der Waals surface area contributed by atoms with Crippen molar-refractivity contribution in [2.75, 3.05) is 13.2 Å². The van der Waals surface area contributed by atoms with Crippen LogP contribution in [-0.4, -0.2) is 42.2 Å². The van der Waals surface area contributed by atoms with Crippen molar-refractivity contribution >= 4 is 19.5 Å². The molecule has 0 N–H and O–H groups in total. The van der Waals surface area contributed by atoms with Gasteiger partial charge in [-0.05, 0) is 49.1 Å². The van der Waals surface area contributed by atoms with E-state index in [2.05, 4.69) is 0 Å². The monoisotopic (exact) mass is 499 g/mol. The van der Waals surface area contributed by atoms with Crippen molar-refractivity contribution < 1.29 is 41.1 Å². The lowest BCUT2D eigenvalue weighted by Gasteiger charge is -2.30. The van der Waals surface area contributed by atoms with Crippen LogP contribution >= 0.6 is 7.60 Å². The van der Waals surface area contributed by atoms with Crippen molar-refractivity contribution in [2.45, 2.75) is 45.3 Å². The topological polar surface area (TPSA) is 82.1 Å². The van der Waals surface area contributed by atoms with Crippen molar-refractivity contribution in [3.05, 3.63) is 65.2 Å². The van der Waals surface area contributed by atoms with Crippen molar-refractivity contribution in [1.29, 1.82) is 0 Å². The number of alkyl halides is 3. The van der Waals surface area contributed by atoms with E-state index in [1.165, 1.54) is 6.92 Å². The number of nitrogens with zero attached hydrogens (tertiary/aromatic N) is 1. The highest BCUT2D eigenvalue weighted by Crippen LogP contribution is 2.52. The van der Waals surface area contributed by atoms with Crippen molar-refractivity contribution in [2.24, 2.45) is 0 Å². The summed E-state index contributed by atoms with van der Waals surface area (Å²) in [6.45, 7) is 2.94. The summed E-state index contributed by atoms with van der Waals surface area (Å²) in [6.07, 6.45) is -6.03. The molecule has 1 amide bonds. The summed E-state index contributed by atoms with van der Waals surface area (Å²) in [6, 6.07) is 13.3. The number of ether oxygens (including phenoxy) is 1. The van der Waals surface area contributed by atoms with E-state index in [1.807, 2.05) is 0 Å². The number of rotatable bonds is 8. The van der Waals surface area contributed by atoms with Gasteiger partial charge in [0.05, 0.1) is 12.8 Å². The van der Waals surface area contributed by atoms with E-state index in [1.54, 1.807) is 55.5 Å². The summed E-state index contributed by atoms with van der Waals surface area (Å²) in [5, 5.41) is 0. The zero-order valence-corrected chi connectivity index (χ0v) is 19.6. The first-order valence-electron chi connectivity index (χ1n) is 10.7. The Kier molecular flexibility index (Phi) is 8.05. The van der Waals surface area contributed by atoms with E-state index in [0.717, 1.165) is 10.5 Å². The van der Waals surface area contributed by atoms with Crippen LogP contribution in [0, 0.1) is 0 Å². The Bertz CT molecular complexity index is 1080. The van der Waals surface area contributed by atoms with Gasteiger partial charge in [0.25, 0.3) is 0 Å². The van der Waals surface area contributed by atoms with Gasteiger partial charge >= 0.3 is 25.6 Å². The SMILES string of the molecule is CCOC(=O)[C@H](C)OP(=O)(Cc1ccc2c(c1)CCN(C(=O)C(F)(F)F)C2)Oc1ccccc1. The Morgan fingerprint density at radius 2 is 1.82 bits per heavy atom. The third-order valence-electron chi connectivity index (χ3n) is 5.11. The molecule has 1 heterocycles. The molecule has 1 unspecified atom stereocenters. The minimum atomic E-state index is -4.92. The van der Waals surface area contributed by atoms with Crippen LogP contribution < -0.4 is 4.52 Å². The molecule has 0 radical (unpaired) electrons. The van der Waals surface area contributed by atoms with Gasteiger partial charge in [-0.2, -0.15) is 13.2 Å². The van der Waals surface area contributed by atoms with Crippen LogP contribution in [0.1, 0.15) is 30.5 Å². The van der Waals surface area contributed by atoms with Crippen molar-refractivity contribution in [1.82, 2.24) is 4.90 Å². The second kappa shape index (κ2) is 10.6. The van der Waals surface area contributed by atoms with Crippen LogP contribution in [0.3, 0.4) is 0 Å². The highest BCUT2D eigenvalue weighted by molar-refractivity contribution is 7.53. The van der Waals surface area contributed by atoms with E-state index in [-0.39, 0.29) is 32.3 Å². The zero-order valence-electron chi connectivity index (χ0n) is 18.7. The third kappa shape index (κ3) is 6.61. The van der Waals surface area contributed by atoms with Crippen molar-refractivity contribution in [3.63, 3.8) is 0 Å². The van der Waals surface area contributed by atoms with Gasteiger partial charge in [0, 0.05) is 13.1 Å². The highest BCUT2D eigenvalue weighted by Gasteiger charge is 2.43. The lowest BCUT2D eigenvalue weighted by atomic mass is 9.97. The molecule has 11 heteroatoms. The van der Waals surface area contributed by atoms with Gasteiger partial charge in [0.15, 0.2) is 6.10 Å². The first kappa shape index (κ1) is 25.8. The van der Waals surface area contributed by atoms with Crippen LogP contribution in [0.25, 0.3) is 0 Å². The number of carbonyl (C=O) groups excluding carboxylic acids is 2. The molecular weight excluding hydrogens is 474 g/mol. The predicted octanol–water partition coefficient (Wildman–Crippen LogP) is 4.87. The third-order valence-corrected chi connectivity index (χ3v) is 6.99. The van der Waals surface area contributed by atoms with Crippen LogP contribution in [0.5, 0.6) is 5.75 Å². The standard InChI is InChI=1S/C23H25F3NO6P/c1-3-31-21(28)16(2)32-34(30,33-20-7-5-4-6-8-20)15-17-9-10-19-14-27(12-11-18(19)13-17)22(29)23(24,25)26/h4-10,13,16H,3,11-12,14-15H2,1-2H3/t16-,34?/m0/s1. The smallest absolute Gasteiger partial charge is 0.464 e. The number of halogens is 3. The number of benzene rings is 2. The van der Waals surface area contributed by atoms with E-state index in [4.69, 9.17) is 13.8 Å². The largest absolute Gasteiger partial charge is 0.471 e. The number of hydrogen-bond acceptors (Lipinski definition) is 6. The van der Waals surface area contributed by atoms with E-state index >= 15 is 0 Å². The fourth-order valence-corrected chi connectivity index (χ4v) is 5.39. The van der Waals surface area contributed by atoms with Gasteiger partial charge in [0.2, 0.25) is 0 Å². The molecule has 2 aromatic rings. The number of para-hydroxylation sites is 1. The quantitative estimate of drug-likeness (QED) is 0.381. The van der Waals surface area contributed by atoms with Gasteiger partial charge in [-0.1, -0.05) is 36.4 Å². The fraction of sp³-hybridized carbons (Fsp3) is 0.391. The molecule has 0 aromatic heterocycles. The maximum Gasteiger partial charge on any atom is 0.471 e. The summed E-state index contributed by atoms with van der Waals surface area (Å²) in [5.74, 6) is -2.26. The Morgan fingerprint density at radius 1 is 1.12 bits per heavy atom. The minimum Gasteiger partial charge on any atom is -0.464 e. The molecule has 2 atom stereocenters. The zero-order chi connectivity index (χ0) is 24.9. The molecule has 3 rings (SSSR count). The maximum atomic E-state index is 13.7. The summed E-state index contributed by atoms with van der Waals surface area (Å²) < 4.78 is 68.1.